The Bertz CT molecular complexity index is 364. The van der Waals surface area contributed by atoms with Gasteiger partial charge in [-0.05, 0) is 37.6 Å². The number of nitrogens with one attached hydrogen (secondary N) is 1. The van der Waals surface area contributed by atoms with Gasteiger partial charge in [0.2, 0.25) is 0 Å². The lowest BCUT2D eigenvalue weighted by molar-refractivity contribution is 0.124. The summed E-state index contributed by atoms with van der Waals surface area (Å²) in [6.07, 6.45) is 1.12. The van der Waals surface area contributed by atoms with Crippen LogP contribution < -0.4 is 14.8 Å². The second-order valence-corrected chi connectivity index (χ2v) is 4.69. The van der Waals surface area contributed by atoms with Crippen LogP contribution >= 0.6 is 0 Å². The second-order valence-electron chi connectivity index (χ2n) is 4.69. The van der Waals surface area contributed by atoms with Crippen molar-refractivity contribution in [3.63, 3.8) is 0 Å². The molecule has 0 radical (unpaired) electrons. The van der Waals surface area contributed by atoms with Crippen molar-refractivity contribution in [3.05, 3.63) is 24.3 Å². The predicted octanol–water partition coefficient (Wildman–Crippen LogP) is 1.29. The molecule has 0 spiro atoms. The van der Waals surface area contributed by atoms with Crippen molar-refractivity contribution in [1.82, 2.24) is 5.32 Å². The van der Waals surface area contributed by atoms with Crippen molar-refractivity contribution in [3.8, 4) is 11.5 Å². The van der Waals surface area contributed by atoms with E-state index in [4.69, 9.17) is 9.47 Å². The van der Waals surface area contributed by atoms with Gasteiger partial charge in [0.05, 0.1) is 13.7 Å². The first-order valence-corrected chi connectivity index (χ1v) is 6.42. The van der Waals surface area contributed by atoms with Gasteiger partial charge in [-0.25, -0.2) is 0 Å². The Morgan fingerprint density at radius 2 is 2.28 bits per heavy atom. The minimum absolute atomic E-state index is 0.177. The van der Waals surface area contributed by atoms with Gasteiger partial charge in [-0.2, -0.15) is 0 Å². The molecule has 1 aromatic carbocycles. The molecular weight excluding hydrogens is 230 g/mol. The second kappa shape index (κ2) is 6.61. The van der Waals surface area contributed by atoms with E-state index in [2.05, 4.69) is 5.32 Å². The number of aliphatic hydroxyl groups excluding tert-OH is 1. The number of hydrogen-bond acceptors (Lipinski definition) is 4. The van der Waals surface area contributed by atoms with Crippen LogP contribution in [-0.2, 0) is 0 Å². The van der Waals surface area contributed by atoms with Gasteiger partial charge in [0.1, 0.15) is 11.5 Å². The van der Waals surface area contributed by atoms with Gasteiger partial charge in [-0.1, -0.05) is 6.07 Å². The van der Waals surface area contributed by atoms with Crippen molar-refractivity contribution in [2.45, 2.75) is 6.42 Å². The highest BCUT2D eigenvalue weighted by atomic mass is 16.5. The molecule has 0 amide bonds. The van der Waals surface area contributed by atoms with Gasteiger partial charge < -0.3 is 19.9 Å². The zero-order valence-electron chi connectivity index (χ0n) is 10.8. The molecule has 2 rings (SSSR count). The van der Waals surface area contributed by atoms with E-state index in [-0.39, 0.29) is 12.5 Å². The van der Waals surface area contributed by atoms with Gasteiger partial charge in [0, 0.05) is 18.6 Å². The first kappa shape index (κ1) is 13.2. The van der Waals surface area contributed by atoms with Crippen molar-refractivity contribution in [2.75, 3.05) is 33.4 Å². The topological polar surface area (TPSA) is 50.7 Å². The van der Waals surface area contributed by atoms with Crippen LogP contribution in [0.2, 0.25) is 0 Å². The molecule has 0 aromatic heterocycles. The Hall–Kier alpha value is -1.26. The average Bonchev–Trinajstić information content (AvgIpc) is 2.94. The summed E-state index contributed by atoms with van der Waals surface area (Å²) in [5.41, 5.74) is 0. The van der Waals surface area contributed by atoms with E-state index >= 15 is 0 Å². The Morgan fingerprint density at radius 3 is 2.94 bits per heavy atom. The maximum atomic E-state index is 9.43. The minimum Gasteiger partial charge on any atom is -0.497 e. The van der Waals surface area contributed by atoms with Crippen LogP contribution in [0.5, 0.6) is 11.5 Å². The molecule has 4 nitrogen and oxygen atoms in total. The minimum atomic E-state index is 0.177. The molecule has 1 saturated heterocycles. The fourth-order valence-corrected chi connectivity index (χ4v) is 2.31. The zero-order chi connectivity index (χ0) is 12.8. The van der Waals surface area contributed by atoms with Crippen LogP contribution in [0.15, 0.2) is 24.3 Å². The van der Waals surface area contributed by atoms with Crippen LogP contribution in [-0.4, -0.2) is 38.5 Å². The maximum absolute atomic E-state index is 9.43. The molecular formula is C14H21NO3. The van der Waals surface area contributed by atoms with E-state index in [0.29, 0.717) is 12.5 Å². The Balaban J connectivity index is 1.88. The third kappa shape index (κ3) is 3.37. The lowest BCUT2D eigenvalue weighted by Crippen LogP contribution is -2.26. The van der Waals surface area contributed by atoms with Crippen LogP contribution in [0.1, 0.15) is 6.42 Å². The molecule has 1 aliphatic heterocycles. The fourth-order valence-electron chi connectivity index (χ4n) is 2.31. The van der Waals surface area contributed by atoms with Gasteiger partial charge in [0.15, 0.2) is 0 Å². The van der Waals surface area contributed by atoms with Crippen LogP contribution in [0.25, 0.3) is 0 Å². The average molecular weight is 251 g/mol. The van der Waals surface area contributed by atoms with E-state index in [9.17, 15) is 5.11 Å². The first-order chi connectivity index (χ1) is 8.83. The van der Waals surface area contributed by atoms with E-state index in [1.165, 1.54) is 0 Å². The Labute approximate surface area is 108 Å². The van der Waals surface area contributed by atoms with E-state index < -0.39 is 0 Å². The highest BCUT2D eigenvalue weighted by Crippen LogP contribution is 2.23. The molecule has 0 saturated carbocycles. The third-order valence-corrected chi connectivity index (χ3v) is 3.50. The van der Waals surface area contributed by atoms with Gasteiger partial charge in [-0.3, -0.25) is 0 Å². The number of benzene rings is 1. The number of rotatable bonds is 6. The van der Waals surface area contributed by atoms with E-state index in [1.807, 2.05) is 24.3 Å². The number of methoxy groups -OCH3 is 1. The SMILES string of the molecule is COc1cccc(OCC(CO)C2CCNC2)c1. The molecule has 100 valence electrons. The monoisotopic (exact) mass is 251 g/mol. The van der Waals surface area contributed by atoms with Crippen molar-refractivity contribution >= 4 is 0 Å². The number of hydrogen-bond donors (Lipinski definition) is 2. The van der Waals surface area contributed by atoms with Crippen LogP contribution in [0, 0.1) is 11.8 Å². The molecule has 4 heteroatoms. The van der Waals surface area contributed by atoms with Crippen molar-refractivity contribution < 1.29 is 14.6 Å². The molecule has 0 aliphatic carbocycles. The number of aliphatic hydroxyl groups is 1. The summed E-state index contributed by atoms with van der Waals surface area (Å²) >= 11 is 0. The van der Waals surface area contributed by atoms with Crippen molar-refractivity contribution in [2.24, 2.45) is 11.8 Å². The van der Waals surface area contributed by atoms with E-state index in [1.54, 1.807) is 7.11 Å². The third-order valence-electron chi connectivity index (χ3n) is 3.50. The highest BCUT2D eigenvalue weighted by Gasteiger charge is 2.24. The Morgan fingerprint density at radius 1 is 1.44 bits per heavy atom. The first-order valence-electron chi connectivity index (χ1n) is 6.42. The molecule has 2 N–H and O–H groups in total. The molecule has 2 unspecified atom stereocenters. The molecule has 18 heavy (non-hydrogen) atoms. The largest absolute Gasteiger partial charge is 0.497 e. The zero-order valence-corrected chi connectivity index (χ0v) is 10.8. The highest BCUT2D eigenvalue weighted by molar-refractivity contribution is 5.32. The lowest BCUT2D eigenvalue weighted by Gasteiger charge is -2.21. The smallest absolute Gasteiger partial charge is 0.123 e. The van der Waals surface area contributed by atoms with Crippen LogP contribution in [0.3, 0.4) is 0 Å². The summed E-state index contributed by atoms with van der Waals surface area (Å²) < 4.78 is 10.9. The fraction of sp³-hybridized carbons (Fsp3) is 0.571. The van der Waals surface area contributed by atoms with E-state index in [0.717, 1.165) is 31.0 Å². The molecule has 1 aliphatic rings. The summed E-state index contributed by atoms with van der Waals surface area (Å²) in [6.45, 7) is 2.75. The molecule has 1 heterocycles. The summed E-state index contributed by atoms with van der Waals surface area (Å²) in [6, 6.07) is 7.56. The molecule has 1 aromatic rings. The summed E-state index contributed by atoms with van der Waals surface area (Å²) in [4.78, 5) is 0. The normalized spacial score (nSPS) is 20.7. The van der Waals surface area contributed by atoms with Gasteiger partial charge >= 0.3 is 0 Å². The predicted molar refractivity (Wildman–Crippen MR) is 70.0 cm³/mol. The lowest BCUT2D eigenvalue weighted by atomic mass is 9.93. The molecule has 1 fully saturated rings. The molecule has 2 atom stereocenters. The quantitative estimate of drug-likeness (QED) is 0.800. The summed E-state index contributed by atoms with van der Waals surface area (Å²) in [5.74, 6) is 2.29. The standard InChI is InChI=1S/C14H21NO3/c1-17-13-3-2-4-14(7-13)18-10-12(9-16)11-5-6-15-8-11/h2-4,7,11-12,15-16H,5-6,8-10H2,1H3. The number of ether oxygens (including phenoxy) is 2. The van der Waals surface area contributed by atoms with Crippen molar-refractivity contribution in [1.29, 1.82) is 0 Å². The summed E-state index contributed by atoms with van der Waals surface area (Å²) in [5, 5.41) is 12.7. The maximum Gasteiger partial charge on any atom is 0.123 e. The van der Waals surface area contributed by atoms with Gasteiger partial charge in [0.25, 0.3) is 0 Å². The summed E-state index contributed by atoms with van der Waals surface area (Å²) in [7, 11) is 1.64. The van der Waals surface area contributed by atoms with Crippen LogP contribution in [0.4, 0.5) is 0 Å². The molecule has 0 bridgehead atoms. The van der Waals surface area contributed by atoms with Gasteiger partial charge in [-0.15, -0.1) is 0 Å². The Kier molecular flexibility index (Phi) is 4.84.